The van der Waals surface area contributed by atoms with Crippen molar-refractivity contribution in [3.05, 3.63) is 83.2 Å². The Labute approximate surface area is 157 Å². The smallest absolute Gasteiger partial charge is 0.234 e. The Hall–Kier alpha value is -2.60. The molecule has 2 heterocycles. The van der Waals surface area contributed by atoms with E-state index in [-0.39, 0.29) is 11.3 Å². The molecule has 1 fully saturated rings. The SMILES string of the molecule is Cc1cccc(Cn2cc([C@H]3SCC(=O)N3Cc3ccccc3)nn2)c1. The van der Waals surface area contributed by atoms with Crippen molar-refractivity contribution in [3.8, 4) is 0 Å². The van der Waals surface area contributed by atoms with Crippen molar-refractivity contribution in [2.45, 2.75) is 25.4 Å². The summed E-state index contributed by atoms with van der Waals surface area (Å²) in [6.07, 6.45) is 1.95. The number of nitrogens with zero attached hydrogens (tertiary/aromatic N) is 4. The summed E-state index contributed by atoms with van der Waals surface area (Å²) in [6, 6.07) is 18.4. The number of amides is 1. The summed E-state index contributed by atoms with van der Waals surface area (Å²) >= 11 is 1.61. The highest BCUT2D eigenvalue weighted by Gasteiger charge is 2.34. The summed E-state index contributed by atoms with van der Waals surface area (Å²) in [5.41, 5.74) is 4.39. The molecule has 0 radical (unpaired) electrons. The van der Waals surface area contributed by atoms with Gasteiger partial charge in [-0.15, -0.1) is 16.9 Å². The van der Waals surface area contributed by atoms with E-state index < -0.39 is 0 Å². The largest absolute Gasteiger partial charge is 0.320 e. The van der Waals surface area contributed by atoms with Gasteiger partial charge in [-0.1, -0.05) is 65.4 Å². The van der Waals surface area contributed by atoms with Gasteiger partial charge in [-0.25, -0.2) is 4.68 Å². The Morgan fingerprint density at radius 3 is 2.69 bits per heavy atom. The van der Waals surface area contributed by atoms with E-state index in [0.29, 0.717) is 18.8 Å². The summed E-state index contributed by atoms with van der Waals surface area (Å²) in [6.45, 7) is 3.36. The molecule has 1 aliphatic rings. The van der Waals surface area contributed by atoms with Gasteiger partial charge in [0.1, 0.15) is 11.1 Å². The summed E-state index contributed by atoms with van der Waals surface area (Å²) < 4.78 is 1.84. The van der Waals surface area contributed by atoms with Crippen LogP contribution in [0.1, 0.15) is 27.8 Å². The number of carbonyl (C=O) groups is 1. The molecule has 0 bridgehead atoms. The molecule has 1 aromatic heterocycles. The monoisotopic (exact) mass is 364 g/mol. The van der Waals surface area contributed by atoms with Crippen LogP contribution in [0.15, 0.2) is 60.8 Å². The number of carbonyl (C=O) groups excluding carboxylic acids is 1. The average molecular weight is 364 g/mol. The predicted molar refractivity (Wildman–Crippen MR) is 102 cm³/mol. The molecule has 1 amide bonds. The molecule has 1 atom stereocenters. The van der Waals surface area contributed by atoms with Crippen LogP contribution in [-0.4, -0.2) is 31.6 Å². The highest BCUT2D eigenvalue weighted by molar-refractivity contribution is 8.00. The Morgan fingerprint density at radius 2 is 1.88 bits per heavy atom. The van der Waals surface area contributed by atoms with Crippen molar-refractivity contribution >= 4 is 17.7 Å². The fourth-order valence-electron chi connectivity index (χ4n) is 3.15. The van der Waals surface area contributed by atoms with Gasteiger partial charge in [-0.05, 0) is 18.1 Å². The van der Waals surface area contributed by atoms with Crippen molar-refractivity contribution in [1.29, 1.82) is 0 Å². The zero-order valence-electron chi connectivity index (χ0n) is 14.6. The minimum atomic E-state index is -0.0750. The van der Waals surface area contributed by atoms with E-state index in [0.717, 1.165) is 11.3 Å². The van der Waals surface area contributed by atoms with Gasteiger partial charge in [0.2, 0.25) is 5.91 Å². The van der Waals surface area contributed by atoms with Gasteiger partial charge in [0.15, 0.2) is 0 Å². The molecule has 2 aromatic carbocycles. The van der Waals surface area contributed by atoms with Crippen molar-refractivity contribution in [3.63, 3.8) is 0 Å². The molecule has 0 saturated carbocycles. The van der Waals surface area contributed by atoms with E-state index >= 15 is 0 Å². The highest BCUT2D eigenvalue weighted by atomic mass is 32.2. The number of aryl methyl sites for hydroxylation is 1. The number of rotatable bonds is 5. The van der Waals surface area contributed by atoms with E-state index in [1.165, 1.54) is 11.1 Å². The molecule has 1 saturated heterocycles. The van der Waals surface area contributed by atoms with Gasteiger partial charge in [0, 0.05) is 6.54 Å². The predicted octanol–water partition coefficient (Wildman–Crippen LogP) is 3.41. The lowest BCUT2D eigenvalue weighted by Gasteiger charge is -2.22. The van der Waals surface area contributed by atoms with Crippen molar-refractivity contribution in [2.24, 2.45) is 0 Å². The molecule has 0 N–H and O–H groups in total. The second-order valence-electron chi connectivity index (χ2n) is 6.50. The highest BCUT2D eigenvalue weighted by Crippen LogP contribution is 2.38. The maximum Gasteiger partial charge on any atom is 0.234 e. The summed E-state index contributed by atoms with van der Waals surface area (Å²) in [5.74, 6) is 0.638. The molecule has 3 aromatic rings. The molecule has 0 spiro atoms. The number of aromatic nitrogens is 3. The van der Waals surface area contributed by atoms with Gasteiger partial charge in [0.25, 0.3) is 0 Å². The molecular formula is C20H20N4OS. The minimum Gasteiger partial charge on any atom is -0.320 e. The molecule has 6 heteroatoms. The van der Waals surface area contributed by atoms with Gasteiger partial charge < -0.3 is 4.90 Å². The second-order valence-corrected chi connectivity index (χ2v) is 7.57. The maximum absolute atomic E-state index is 12.3. The molecule has 26 heavy (non-hydrogen) atoms. The molecule has 1 aliphatic heterocycles. The standard InChI is InChI=1S/C20H20N4OS/c1-15-6-5-9-17(10-15)11-23-13-18(21-22-23)20-24(19(25)14-26-20)12-16-7-3-2-4-8-16/h2-10,13,20H,11-12,14H2,1H3/t20-/m1/s1. The van der Waals surface area contributed by atoms with Gasteiger partial charge in [-0.3, -0.25) is 4.79 Å². The quantitative estimate of drug-likeness (QED) is 0.696. The first-order valence-corrected chi connectivity index (χ1v) is 9.64. The summed E-state index contributed by atoms with van der Waals surface area (Å²) in [5, 5.41) is 8.53. The van der Waals surface area contributed by atoms with Gasteiger partial charge >= 0.3 is 0 Å². The summed E-state index contributed by atoms with van der Waals surface area (Å²) in [7, 11) is 0. The van der Waals surface area contributed by atoms with Crippen LogP contribution in [0.2, 0.25) is 0 Å². The second kappa shape index (κ2) is 7.33. The van der Waals surface area contributed by atoms with Crippen LogP contribution in [-0.2, 0) is 17.9 Å². The van der Waals surface area contributed by atoms with E-state index in [2.05, 4.69) is 41.5 Å². The Kier molecular flexibility index (Phi) is 4.75. The number of thioether (sulfide) groups is 1. The first-order valence-electron chi connectivity index (χ1n) is 8.59. The van der Waals surface area contributed by atoms with Crippen LogP contribution in [0.4, 0.5) is 0 Å². The van der Waals surface area contributed by atoms with E-state index in [9.17, 15) is 4.79 Å². The first-order chi connectivity index (χ1) is 12.7. The van der Waals surface area contributed by atoms with Crippen LogP contribution in [0.5, 0.6) is 0 Å². The third-order valence-corrected chi connectivity index (χ3v) is 5.63. The van der Waals surface area contributed by atoms with Crippen LogP contribution in [0.3, 0.4) is 0 Å². The van der Waals surface area contributed by atoms with Gasteiger partial charge in [-0.2, -0.15) is 0 Å². The Bertz CT molecular complexity index is 909. The topological polar surface area (TPSA) is 51.0 Å². The zero-order valence-corrected chi connectivity index (χ0v) is 15.4. The minimum absolute atomic E-state index is 0.0750. The number of hydrogen-bond donors (Lipinski definition) is 0. The zero-order chi connectivity index (χ0) is 17.9. The Balaban J connectivity index is 1.51. The lowest BCUT2D eigenvalue weighted by molar-refractivity contribution is -0.128. The van der Waals surface area contributed by atoms with Crippen molar-refractivity contribution in [1.82, 2.24) is 19.9 Å². The molecule has 0 aliphatic carbocycles. The van der Waals surface area contributed by atoms with Crippen LogP contribution < -0.4 is 0 Å². The fraction of sp³-hybridized carbons (Fsp3) is 0.250. The fourth-order valence-corrected chi connectivity index (χ4v) is 4.27. The van der Waals surface area contributed by atoms with E-state index in [1.807, 2.05) is 46.1 Å². The lowest BCUT2D eigenvalue weighted by Crippen LogP contribution is -2.27. The van der Waals surface area contributed by atoms with E-state index in [1.54, 1.807) is 11.8 Å². The molecule has 4 rings (SSSR count). The third-order valence-electron chi connectivity index (χ3n) is 4.40. The molecule has 0 unspecified atom stereocenters. The van der Waals surface area contributed by atoms with E-state index in [4.69, 9.17) is 0 Å². The molecular weight excluding hydrogens is 344 g/mol. The van der Waals surface area contributed by atoms with Crippen LogP contribution in [0.25, 0.3) is 0 Å². The lowest BCUT2D eigenvalue weighted by atomic mass is 10.1. The number of hydrogen-bond acceptors (Lipinski definition) is 4. The normalized spacial score (nSPS) is 17.0. The third kappa shape index (κ3) is 3.65. The average Bonchev–Trinajstić information content (AvgIpc) is 3.23. The first kappa shape index (κ1) is 16.8. The Morgan fingerprint density at radius 1 is 1.08 bits per heavy atom. The molecule has 5 nitrogen and oxygen atoms in total. The van der Waals surface area contributed by atoms with Crippen molar-refractivity contribution < 1.29 is 4.79 Å². The van der Waals surface area contributed by atoms with Gasteiger partial charge in [0.05, 0.1) is 18.5 Å². The van der Waals surface area contributed by atoms with Crippen molar-refractivity contribution in [2.75, 3.05) is 5.75 Å². The van der Waals surface area contributed by atoms with Crippen LogP contribution in [0, 0.1) is 6.92 Å². The molecule has 132 valence electrons. The summed E-state index contributed by atoms with van der Waals surface area (Å²) in [4.78, 5) is 14.2. The van der Waals surface area contributed by atoms with Crippen LogP contribution >= 0.6 is 11.8 Å². The number of benzene rings is 2. The maximum atomic E-state index is 12.3.